The maximum atomic E-state index is 12.0. The van der Waals surface area contributed by atoms with Gasteiger partial charge in [-0.1, -0.05) is 30.3 Å². The molecule has 1 aromatic rings. The molecule has 2 heterocycles. The van der Waals surface area contributed by atoms with Crippen LogP contribution in [-0.4, -0.2) is 80.8 Å². The van der Waals surface area contributed by atoms with Crippen molar-refractivity contribution in [1.29, 1.82) is 0 Å². The lowest BCUT2D eigenvalue weighted by atomic mass is 10.1. The summed E-state index contributed by atoms with van der Waals surface area (Å²) in [5.41, 5.74) is 1.14. The van der Waals surface area contributed by atoms with Crippen LogP contribution in [-0.2, 0) is 20.8 Å². The minimum atomic E-state index is 0. The van der Waals surface area contributed by atoms with Crippen LogP contribution in [0.3, 0.4) is 0 Å². The average Bonchev–Trinajstić information content (AvgIpc) is 3.23. The van der Waals surface area contributed by atoms with Crippen LogP contribution in [0.15, 0.2) is 35.3 Å². The Kier molecular flexibility index (Phi) is 9.46. The third-order valence-corrected chi connectivity index (χ3v) is 4.92. The number of morpholine rings is 1. The normalized spacial score (nSPS) is 22.5. The first-order valence-corrected chi connectivity index (χ1v) is 9.64. The van der Waals surface area contributed by atoms with E-state index in [9.17, 15) is 4.79 Å². The molecule has 2 atom stereocenters. The van der Waals surface area contributed by atoms with Crippen LogP contribution in [0.4, 0.5) is 0 Å². The summed E-state index contributed by atoms with van der Waals surface area (Å²) in [5.74, 6) is 0.770. The van der Waals surface area contributed by atoms with Gasteiger partial charge in [0.15, 0.2) is 5.96 Å². The molecule has 0 bridgehead atoms. The van der Waals surface area contributed by atoms with E-state index in [0.717, 1.165) is 44.1 Å². The van der Waals surface area contributed by atoms with Crippen LogP contribution >= 0.6 is 24.0 Å². The van der Waals surface area contributed by atoms with Crippen molar-refractivity contribution in [2.75, 3.05) is 46.9 Å². The van der Waals surface area contributed by atoms with Crippen molar-refractivity contribution in [3.8, 4) is 0 Å². The van der Waals surface area contributed by atoms with E-state index in [0.29, 0.717) is 13.2 Å². The molecule has 2 saturated heterocycles. The van der Waals surface area contributed by atoms with Crippen molar-refractivity contribution in [2.45, 2.75) is 31.6 Å². The van der Waals surface area contributed by atoms with Crippen LogP contribution in [0.25, 0.3) is 0 Å². The monoisotopic (exact) mass is 502 g/mol. The van der Waals surface area contributed by atoms with E-state index in [1.807, 2.05) is 18.2 Å². The zero-order valence-corrected chi connectivity index (χ0v) is 19.0. The van der Waals surface area contributed by atoms with Gasteiger partial charge < -0.3 is 24.6 Å². The number of rotatable bonds is 5. The highest BCUT2D eigenvalue weighted by Gasteiger charge is 2.32. The number of hydrogen-bond donors (Lipinski definition) is 1. The number of ether oxygens (including phenoxy) is 2. The maximum Gasteiger partial charge on any atom is 0.241 e. The minimum Gasteiger partial charge on any atom is -0.375 e. The number of likely N-dealkylation sites (N-methyl/N-ethyl adjacent to an activating group) is 1. The summed E-state index contributed by atoms with van der Waals surface area (Å²) in [7, 11) is 3.51. The van der Waals surface area contributed by atoms with Crippen LogP contribution in [0.2, 0.25) is 0 Å². The molecule has 1 aromatic carbocycles. The molecule has 2 unspecified atom stereocenters. The lowest BCUT2D eigenvalue weighted by Crippen LogP contribution is -2.54. The van der Waals surface area contributed by atoms with E-state index in [-0.39, 0.29) is 48.6 Å². The summed E-state index contributed by atoms with van der Waals surface area (Å²) in [5, 5.41) is 3.24. The SMILES string of the molecule is CN(C)C(=O)CNC(=NCc1ccccc1)N1CCOC(C2CCCO2)C1.I. The number of benzene rings is 1. The third-order valence-electron chi connectivity index (χ3n) is 4.92. The molecule has 0 aromatic heterocycles. The number of nitrogens with zero attached hydrogens (tertiary/aromatic N) is 3. The number of aliphatic imine (C=N–C) groups is 1. The van der Waals surface area contributed by atoms with Gasteiger partial charge in [-0.05, 0) is 18.4 Å². The van der Waals surface area contributed by atoms with Gasteiger partial charge >= 0.3 is 0 Å². The Hall–Kier alpha value is -1.39. The molecule has 28 heavy (non-hydrogen) atoms. The molecule has 3 rings (SSSR count). The minimum absolute atomic E-state index is 0. The number of halogens is 1. The molecule has 0 radical (unpaired) electrons. The highest BCUT2D eigenvalue weighted by Crippen LogP contribution is 2.21. The van der Waals surface area contributed by atoms with Crippen LogP contribution in [0.5, 0.6) is 0 Å². The van der Waals surface area contributed by atoms with Crippen molar-refractivity contribution in [1.82, 2.24) is 15.1 Å². The lowest BCUT2D eigenvalue weighted by Gasteiger charge is -2.37. The molecule has 1 amide bonds. The molecule has 2 fully saturated rings. The molecule has 0 saturated carbocycles. The fraction of sp³-hybridized carbons (Fsp3) is 0.600. The molecule has 1 N–H and O–H groups in total. The lowest BCUT2D eigenvalue weighted by molar-refractivity contribution is -0.127. The number of amides is 1. The van der Waals surface area contributed by atoms with Gasteiger partial charge in [-0.3, -0.25) is 4.79 Å². The molecule has 2 aliphatic heterocycles. The summed E-state index contributed by atoms with van der Waals surface area (Å²) in [6.45, 7) is 3.72. The summed E-state index contributed by atoms with van der Waals surface area (Å²) < 4.78 is 11.8. The molecular formula is C20H31IN4O3. The topological polar surface area (TPSA) is 66.4 Å². The van der Waals surface area contributed by atoms with Gasteiger partial charge in [0.1, 0.15) is 6.10 Å². The number of carbonyl (C=O) groups excluding carboxylic acids is 1. The average molecular weight is 502 g/mol. The predicted octanol–water partition coefficient (Wildman–Crippen LogP) is 1.72. The Morgan fingerprint density at radius 2 is 1.96 bits per heavy atom. The highest BCUT2D eigenvalue weighted by molar-refractivity contribution is 14.0. The molecule has 2 aliphatic rings. The van der Waals surface area contributed by atoms with Crippen LogP contribution < -0.4 is 5.32 Å². The van der Waals surface area contributed by atoms with E-state index >= 15 is 0 Å². The summed E-state index contributed by atoms with van der Waals surface area (Å²) in [6.07, 6.45) is 2.34. The molecule has 156 valence electrons. The summed E-state index contributed by atoms with van der Waals surface area (Å²) in [6, 6.07) is 10.1. The van der Waals surface area contributed by atoms with Gasteiger partial charge in [0.2, 0.25) is 5.91 Å². The van der Waals surface area contributed by atoms with Crippen molar-refractivity contribution in [3.05, 3.63) is 35.9 Å². The quantitative estimate of drug-likeness (QED) is 0.378. The fourth-order valence-electron chi connectivity index (χ4n) is 3.32. The second kappa shape index (κ2) is 11.6. The Labute approximate surface area is 184 Å². The Morgan fingerprint density at radius 3 is 2.64 bits per heavy atom. The highest BCUT2D eigenvalue weighted by atomic mass is 127. The van der Waals surface area contributed by atoms with Gasteiger partial charge in [-0.15, -0.1) is 24.0 Å². The first-order valence-electron chi connectivity index (χ1n) is 9.64. The zero-order chi connectivity index (χ0) is 19.1. The van der Waals surface area contributed by atoms with E-state index in [4.69, 9.17) is 14.5 Å². The smallest absolute Gasteiger partial charge is 0.241 e. The number of carbonyl (C=O) groups is 1. The Morgan fingerprint density at radius 1 is 1.21 bits per heavy atom. The van der Waals surface area contributed by atoms with Gasteiger partial charge in [0.25, 0.3) is 0 Å². The number of nitrogens with one attached hydrogen (secondary N) is 1. The Balaban J connectivity index is 0.00000280. The predicted molar refractivity (Wildman–Crippen MR) is 120 cm³/mol. The summed E-state index contributed by atoms with van der Waals surface area (Å²) in [4.78, 5) is 20.6. The second-order valence-electron chi connectivity index (χ2n) is 7.17. The molecule has 0 spiro atoms. The first kappa shape index (κ1) is 22.9. The van der Waals surface area contributed by atoms with Crippen molar-refractivity contribution in [3.63, 3.8) is 0 Å². The third kappa shape index (κ3) is 6.59. The van der Waals surface area contributed by atoms with Gasteiger partial charge in [-0.2, -0.15) is 0 Å². The standard InChI is InChI=1S/C20H30N4O3.HI/c1-23(2)19(25)14-22-20(21-13-16-7-4-3-5-8-16)24-10-12-27-18(15-24)17-9-6-11-26-17;/h3-5,7-8,17-18H,6,9-15H2,1-2H3,(H,21,22);1H. The molecule has 7 nitrogen and oxygen atoms in total. The van der Waals surface area contributed by atoms with E-state index in [1.165, 1.54) is 0 Å². The van der Waals surface area contributed by atoms with Crippen LogP contribution in [0, 0.1) is 0 Å². The molecule has 0 aliphatic carbocycles. The largest absolute Gasteiger partial charge is 0.375 e. The Bertz CT molecular complexity index is 636. The van der Waals surface area contributed by atoms with Crippen molar-refractivity contribution >= 4 is 35.8 Å². The fourth-order valence-corrected chi connectivity index (χ4v) is 3.32. The van der Waals surface area contributed by atoms with Crippen molar-refractivity contribution in [2.24, 2.45) is 4.99 Å². The van der Waals surface area contributed by atoms with E-state index in [1.54, 1.807) is 19.0 Å². The van der Waals surface area contributed by atoms with Gasteiger partial charge in [0.05, 0.1) is 25.8 Å². The van der Waals surface area contributed by atoms with Crippen molar-refractivity contribution < 1.29 is 14.3 Å². The van der Waals surface area contributed by atoms with Crippen LogP contribution in [0.1, 0.15) is 18.4 Å². The van der Waals surface area contributed by atoms with Gasteiger partial charge in [0, 0.05) is 33.8 Å². The number of guanidine groups is 1. The zero-order valence-electron chi connectivity index (χ0n) is 16.7. The maximum absolute atomic E-state index is 12.0. The number of hydrogen-bond acceptors (Lipinski definition) is 4. The van der Waals surface area contributed by atoms with E-state index in [2.05, 4.69) is 22.3 Å². The molecule has 8 heteroatoms. The van der Waals surface area contributed by atoms with Gasteiger partial charge in [-0.25, -0.2) is 4.99 Å². The molecular weight excluding hydrogens is 471 g/mol. The second-order valence-corrected chi connectivity index (χ2v) is 7.17. The van der Waals surface area contributed by atoms with E-state index < -0.39 is 0 Å². The summed E-state index contributed by atoms with van der Waals surface area (Å²) >= 11 is 0. The first-order chi connectivity index (χ1) is 13.1.